The molecule has 0 spiro atoms. The molecule has 1 saturated heterocycles. The third kappa shape index (κ3) is 7.40. The van der Waals surface area contributed by atoms with E-state index >= 15 is 0 Å². The minimum Gasteiger partial charge on any atom is -0.459 e. The Bertz CT molecular complexity index is 636. The average molecular weight is 472 g/mol. The Balaban J connectivity index is 3.44. The summed E-state index contributed by atoms with van der Waals surface area (Å²) in [5.74, 6) is -1.55. The highest BCUT2D eigenvalue weighted by molar-refractivity contribution is 5.88. The molecule has 7 heteroatoms. The molecule has 0 aromatic rings. The third-order valence-corrected chi connectivity index (χ3v) is 8.11. The van der Waals surface area contributed by atoms with Gasteiger partial charge in [-0.2, -0.15) is 0 Å². The van der Waals surface area contributed by atoms with E-state index in [-0.39, 0.29) is 23.7 Å². The molecule has 1 rings (SSSR count). The first-order valence-corrected chi connectivity index (χ1v) is 12.8. The standard InChI is InChI=1S/C26H49NO6/c1-10-12-13-32-27-23-15(3)14-21(28)18(6)16(4)17(5)19(7)25(30)33-22(11-2)26(9,31)24(29)20(23)8/h15-22,24,28-29,31H,10-14H2,1-9H3/b27-23+/t15-,16+,17+,18-,19-,20+,21-,22-,24-,26-/m1/s1. The molecule has 1 fully saturated rings. The lowest BCUT2D eigenvalue weighted by Crippen LogP contribution is -2.56. The number of oxime groups is 1. The number of carbonyl (C=O) groups excluding carboxylic acids is 1. The van der Waals surface area contributed by atoms with Crippen LogP contribution < -0.4 is 0 Å². The van der Waals surface area contributed by atoms with Crippen LogP contribution in [0.25, 0.3) is 0 Å². The molecule has 0 saturated carbocycles. The Kier molecular flexibility index (Phi) is 11.8. The van der Waals surface area contributed by atoms with Crippen molar-refractivity contribution in [2.24, 2.45) is 40.7 Å². The van der Waals surface area contributed by atoms with E-state index in [1.165, 1.54) is 6.92 Å². The second-order valence-electron chi connectivity index (χ2n) is 10.6. The van der Waals surface area contributed by atoms with Gasteiger partial charge in [-0.15, -0.1) is 0 Å². The Morgan fingerprint density at radius 2 is 1.64 bits per heavy atom. The predicted octanol–water partition coefficient (Wildman–Crippen LogP) is 4.17. The van der Waals surface area contributed by atoms with Crippen LogP contribution in [0.1, 0.15) is 88.0 Å². The molecule has 0 aromatic heterocycles. The summed E-state index contributed by atoms with van der Waals surface area (Å²) < 4.78 is 5.76. The summed E-state index contributed by atoms with van der Waals surface area (Å²) in [4.78, 5) is 18.5. The molecule has 3 N–H and O–H groups in total. The number of nitrogens with zero attached hydrogens (tertiary/aromatic N) is 1. The van der Waals surface area contributed by atoms with Gasteiger partial charge in [-0.1, -0.05) is 67.0 Å². The Morgan fingerprint density at radius 1 is 1.03 bits per heavy atom. The average Bonchev–Trinajstić information content (AvgIpc) is 2.78. The van der Waals surface area contributed by atoms with E-state index in [1.807, 2.05) is 34.6 Å². The van der Waals surface area contributed by atoms with Crippen LogP contribution in [-0.2, 0) is 14.4 Å². The van der Waals surface area contributed by atoms with Gasteiger partial charge < -0.3 is 24.9 Å². The number of ether oxygens (including phenoxy) is 1. The SMILES string of the molecule is CCCCO/N=C1\[C@H](C)C[C@@H](O)[C@H](C)[C@@H](C)[C@H](C)[C@@H](C)C(=O)O[C@H](CC)[C@@](C)(O)[C@H](O)[C@H]1C. The van der Waals surface area contributed by atoms with Gasteiger partial charge >= 0.3 is 5.97 Å². The molecule has 10 atom stereocenters. The molecule has 0 bridgehead atoms. The van der Waals surface area contributed by atoms with Crippen molar-refractivity contribution in [3.05, 3.63) is 0 Å². The number of cyclic esters (lactones) is 1. The van der Waals surface area contributed by atoms with E-state index < -0.39 is 41.7 Å². The van der Waals surface area contributed by atoms with E-state index in [4.69, 9.17) is 9.57 Å². The second kappa shape index (κ2) is 13.1. The lowest BCUT2D eigenvalue weighted by molar-refractivity contribution is -0.187. The Hall–Kier alpha value is -1.18. The van der Waals surface area contributed by atoms with E-state index in [9.17, 15) is 20.1 Å². The maximum atomic E-state index is 13.0. The van der Waals surface area contributed by atoms with Crippen molar-refractivity contribution in [2.45, 2.75) is 112 Å². The van der Waals surface area contributed by atoms with Crippen molar-refractivity contribution in [3.63, 3.8) is 0 Å². The zero-order valence-electron chi connectivity index (χ0n) is 22.2. The lowest BCUT2D eigenvalue weighted by Gasteiger charge is -2.41. The number of carbonyl (C=O) groups is 1. The molecule has 0 aromatic carbocycles. The van der Waals surface area contributed by atoms with E-state index in [1.54, 1.807) is 6.92 Å². The van der Waals surface area contributed by atoms with E-state index in [0.717, 1.165) is 12.8 Å². The van der Waals surface area contributed by atoms with Crippen molar-refractivity contribution < 1.29 is 29.7 Å². The Labute approximate surface area is 200 Å². The fraction of sp³-hybridized carbons (Fsp3) is 0.923. The monoisotopic (exact) mass is 471 g/mol. The molecule has 1 aliphatic rings. The van der Waals surface area contributed by atoms with Crippen LogP contribution in [0.2, 0.25) is 0 Å². The van der Waals surface area contributed by atoms with Gasteiger partial charge in [-0.3, -0.25) is 4.79 Å². The largest absolute Gasteiger partial charge is 0.459 e. The summed E-state index contributed by atoms with van der Waals surface area (Å²) in [6.07, 6.45) is -0.0705. The van der Waals surface area contributed by atoms with Crippen LogP contribution in [0.15, 0.2) is 5.16 Å². The normalized spacial score (nSPS) is 43.1. The number of esters is 1. The van der Waals surface area contributed by atoms with Crippen molar-refractivity contribution in [1.82, 2.24) is 0 Å². The molecule has 0 radical (unpaired) electrons. The van der Waals surface area contributed by atoms with Crippen molar-refractivity contribution in [1.29, 1.82) is 0 Å². The highest BCUT2D eigenvalue weighted by atomic mass is 16.6. The van der Waals surface area contributed by atoms with Gasteiger partial charge in [0.25, 0.3) is 0 Å². The molecule has 1 aliphatic heterocycles. The van der Waals surface area contributed by atoms with Gasteiger partial charge in [0, 0.05) is 11.8 Å². The van der Waals surface area contributed by atoms with Crippen molar-refractivity contribution in [2.75, 3.05) is 6.61 Å². The van der Waals surface area contributed by atoms with Crippen molar-refractivity contribution in [3.8, 4) is 0 Å². The number of rotatable bonds is 5. The number of hydrogen-bond donors (Lipinski definition) is 3. The predicted molar refractivity (Wildman–Crippen MR) is 131 cm³/mol. The minimum atomic E-state index is -1.68. The van der Waals surface area contributed by atoms with Gasteiger partial charge in [0.1, 0.15) is 18.3 Å². The molecular weight excluding hydrogens is 422 g/mol. The fourth-order valence-electron chi connectivity index (χ4n) is 4.87. The summed E-state index contributed by atoms with van der Waals surface area (Å²) in [5.41, 5.74) is -1.09. The van der Waals surface area contributed by atoms with Crippen molar-refractivity contribution >= 4 is 11.7 Å². The summed E-state index contributed by atoms with van der Waals surface area (Å²) in [6.45, 7) is 17.5. The highest BCUT2D eigenvalue weighted by Crippen LogP contribution is 2.35. The van der Waals surface area contributed by atoms with Gasteiger partial charge in [-0.25, -0.2) is 0 Å². The molecule has 1 heterocycles. The Morgan fingerprint density at radius 3 is 2.18 bits per heavy atom. The van der Waals surface area contributed by atoms with Crippen LogP contribution in [0.3, 0.4) is 0 Å². The van der Waals surface area contributed by atoms with E-state index in [2.05, 4.69) is 19.0 Å². The highest BCUT2D eigenvalue weighted by Gasteiger charge is 2.46. The summed E-state index contributed by atoms with van der Waals surface area (Å²) in [6, 6.07) is 0. The first-order valence-electron chi connectivity index (χ1n) is 12.8. The van der Waals surface area contributed by atoms with Crippen LogP contribution >= 0.6 is 0 Å². The molecule has 33 heavy (non-hydrogen) atoms. The molecule has 0 unspecified atom stereocenters. The number of hydrogen-bond acceptors (Lipinski definition) is 7. The summed E-state index contributed by atoms with van der Waals surface area (Å²) >= 11 is 0. The molecule has 0 aliphatic carbocycles. The maximum Gasteiger partial charge on any atom is 0.309 e. The fourth-order valence-corrected chi connectivity index (χ4v) is 4.87. The molecule has 194 valence electrons. The number of aliphatic hydroxyl groups is 3. The van der Waals surface area contributed by atoms with Gasteiger partial charge in [-0.05, 0) is 43.9 Å². The maximum absolute atomic E-state index is 13.0. The second-order valence-corrected chi connectivity index (χ2v) is 10.6. The smallest absolute Gasteiger partial charge is 0.309 e. The van der Waals surface area contributed by atoms with Gasteiger partial charge in [0.2, 0.25) is 0 Å². The lowest BCUT2D eigenvalue weighted by atomic mass is 9.73. The third-order valence-electron chi connectivity index (χ3n) is 8.11. The van der Waals surface area contributed by atoms with E-state index in [0.29, 0.717) is 25.2 Å². The summed E-state index contributed by atoms with van der Waals surface area (Å²) in [7, 11) is 0. The quantitative estimate of drug-likeness (QED) is 0.315. The van der Waals surface area contributed by atoms with Crippen LogP contribution in [0.4, 0.5) is 0 Å². The number of aliphatic hydroxyl groups excluding tert-OH is 2. The van der Waals surface area contributed by atoms with Gasteiger partial charge in [0.05, 0.1) is 23.8 Å². The topological polar surface area (TPSA) is 109 Å². The molecule has 7 nitrogen and oxygen atoms in total. The zero-order chi connectivity index (χ0) is 25.5. The van der Waals surface area contributed by atoms with Gasteiger partial charge in [0.15, 0.2) is 0 Å². The first-order chi connectivity index (χ1) is 15.3. The molecule has 0 amide bonds. The van der Waals surface area contributed by atoms with Crippen LogP contribution in [0.5, 0.6) is 0 Å². The summed E-state index contributed by atoms with van der Waals surface area (Å²) in [5, 5.41) is 38.0. The van der Waals surface area contributed by atoms with Crippen LogP contribution in [-0.4, -0.2) is 57.5 Å². The minimum absolute atomic E-state index is 0.0304. The van der Waals surface area contributed by atoms with Crippen LogP contribution in [0, 0.1) is 35.5 Å². The first kappa shape index (κ1) is 29.9. The zero-order valence-corrected chi connectivity index (χ0v) is 22.2. The molecular formula is C26H49NO6. The number of unbranched alkanes of at least 4 members (excludes halogenated alkanes) is 1.